The molecule has 0 bridgehead atoms. The molecule has 2 aliphatic rings. The number of ether oxygens (including phenoxy) is 1. The molecule has 1 heterocycles. The van der Waals surface area contributed by atoms with Gasteiger partial charge >= 0.3 is 6.03 Å². The van der Waals surface area contributed by atoms with E-state index in [1.807, 2.05) is 51.1 Å². The van der Waals surface area contributed by atoms with Crippen LogP contribution in [-0.2, 0) is 30.5 Å². The molecule has 2 fully saturated rings. The molecule has 0 radical (unpaired) electrons. The second-order valence-corrected chi connectivity index (χ2v) is 12.1. The fraction of sp³-hybridized carbons (Fsp3) is 0.656. The summed E-state index contributed by atoms with van der Waals surface area (Å²) in [4.78, 5) is 68.4. The number of hydrogen-bond donors (Lipinski definition) is 4. The Labute approximate surface area is 255 Å². The Morgan fingerprint density at radius 2 is 1.60 bits per heavy atom. The van der Waals surface area contributed by atoms with Gasteiger partial charge in [0.05, 0.1) is 19.3 Å². The summed E-state index contributed by atoms with van der Waals surface area (Å²) in [5, 5.41) is 11.3. The smallest absolute Gasteiger partial charge is 0.318 e. The third-order valence-electron chi connectivity index (χ3n) is 8.12. The molecule has 2 atom stereocenters. The van der Waals surface area contributed by atoms with Crippen molar-refractivity contribution in [3.8, 4) is 0 Å². The average Bonchev–Trinajstić information content (AvgIpc) is 3.02. The topological polar surface area (TPSA) is 146 Å². The van der Waals surface area contributed by atoms with Crippen LogP contribution in [0.25, 0.3) is 0 Å². The Balaban J connectivity index is 1.70. The van der Waals surface area contributed by atoms with Gasteiger partial charge in [-0.25, -0.2) is 4.79 Å². The number of ketones is 1. The van der Waals surface area contributed by atoms with Crippen LogP contribution in [0.15, 0.2) is 30.3 Å². The maximum absolute atomic E-state index is 13.8. The molecule has 238 valence electrons. The van der Waals surface area contributed by atoms with E-state index in [1.54, 1.807) is 4.90 Å². The van der Waals surface area contributed by atoms with Crippen LogP contribution < -0.4 is 21.3 Å². The van der Waals surface area contributed by atoms with E-state index in [-0.39, 0.29) is 24.3 Å². The first-order valence-corrected chi connectivity index (χ1v) is 15.8. The van der Waals surface area contributed by atoms with Crippen LogP contribution in [0.2, 0.25) is 0 Å². The molecule has 4 N–H and O–H groups in total. The summed E-state index contributed by atoms with van der Waals surface area (Å²) >= 11 is 0. The molecule has 1 aliphatic carbocycles. The van der Waals surface area contributed by atoms with Gasteiger partial charge in [0.25, 0.3) is 5.91 Å². The van der Waals surface area contributed by atoms with Gasteiger partial charge in [-0.1, -0.05) is 83.2 Å². The van der Waals surface area contributed by atoms with Crippen molar-refractivity contribution in [2.45, 2.75) is 103 Å². The minimum atomic E-state index is -1.16. The van der Waals surface area contributed by atoms with Crippen molar-refractivity contribution in [2.75, 3.05) is 26.3 Å². The minimum absolute atomic E-state index is 0.0831. The fourth-order valence-corrected chi connectivity index (χ4v) is 5.59. The lowest BCUT2D eigenvalue weighted by atomic mass is 9.80. The van der Waals surface area contributed by atoms with Gasteiger partial charge in [0, 0.05) is 19.6 Å². The SMILES string of the molecule is CCCC[C@H](NC(=O)C1(NC(=O)N2CCOCC2)CCCCC1)C(=O)C(=O)NC(CC(C)C)C(=O)NCc1ccccc1. The van der Waals surface area contributed by atoms with Gasteiger partial charge in [0.15, 0.2) is 0 Å². The molecule has 5 amide bonds. The van der Waals surface area contributed by atoms with Crippen molar-refractivity contribution in [3.63, 3.8) is 0 Å². The second-order valence-electron chi connectivity index (χ2n) is 12.1. The quantitative estimate of drug-likeness (QED) is 0.242. The van der Waals surface area contributed by atoms with Crippen LogP contribution in [0.1, 0.15) is 84.1 Å². The summed E-state index contributed by atoms with van der Waals surface area (Å²) < 4.78 is 5.35. The number of Topliss-reactive ketones (excluding diaryl/α,β-unsaturated/α-hetero) is 1. The molecule has 1 saturated carbocycles. The van der Waals surface area contributed by atoms with Gasteiger partial charge < -0.3 is 30.9 Å². The zero-order valence-electron chi connectivity index (χ0n) is 25.9. The summed E-state index contributed by atoms with van der Waals surface area (Å²) in [6.45, 7) is 7.90. The Kier molecular flexibility index (Phi) is 13.4. The molecule has 43 heavy (non-hydrogen) atoms. The van der Waals surface area contributed by atoms with Crippen LogP contribution in [-0.4, -0.2) is 78.4 Å². The minimum Gasteiger partial charge on any atom is -0.378 e. The van der Waals surface area contributed by atoms with Crippen molar-refractivity contribution >= 4 is 29.5 Å². The summed E-state index contributed by atoms with van der Waals surface area (Å²) in [5.41, 5.74) is -0.243. The molecular formula is C32H49N5O6. The Bertz CT molecular complexity index is 1080. The number of urea groups is 1. The van der Waals surface area contributed by atoms with Crippen molar-refractivity contribution in [1.29, 1.82) is 0 Å². The van der Waals surface area contributed by atoms with Crippen molar-refractivity contribution in [1.82, 2.24) is 26.2 Å². The Morgan fingerprint density at radius 1 is 0.930 bits per heavy atom. The fourth-order valence-electron chi connectivity index (χ4n) is 5.59. The molecule has 1 aromatic carbocycles. The average molecular weight is 600 g/mol. The van der Waals surface area contributed by atoms with Gasteiger partial charge in [-0.05, 0) is 37.2 Å². The molecule has 3 rings (SSSR count). The van der Waals surface area contributed by atoms with E-state index in [9.17, 15) is 24.0 Å². The number of carbonyl (C=O) groups is 5. The number of nitrogens with one attached hydrogen (secondary N) is 4. The third-order valence-corrected chi connectivity index (χ3v) is 8.12. The van der Waals surface area contributed by atoms with E-state index in [2.05, 4.69) is 21.3 Å². The summed E-state index contributed by atoms with van der Waals surface area (Å²) in [5.74, 6) is -2.44. The first kappa shape index (κ1) is 34.0. The Hall–Kier alpha value is -3.47. The predicted molar refractivity (Wildman–Crippen MR) is 163 cm³/mol. The number of nitrogens with zero attached hydrogens (tertiary/aromatic N) is 1. The number of rotatable bonds is 14. The van der Waals surface area contributed by atoms with E-state index < -0.39 is 35.2 Å². The highest BCUT2D eigenvalue weighted by molar-refractivity contribution is 6.38. The summed E-state index contributed by atoms with van der Waals surface area (Å²) in [6.07, 6.45) is 5.38. The normalized spacial score (nSPS) is 17.8. The van der Waals surface area contributed by atoms with Gasteiger partial charge in [0.1, 0.15) is 11.6 Å². The summed E-state index contributed by atoms with van der Waals surface area (Å²) in [7, 11) is 0. The first-order valence-electron chi connectivity index (χ1n) is 15.8. The van der Waals surface area contributed by atoms with E-state index in [0.717, 1.165) is 31.2 Å². The molecule has 11 nitrogen and oxygen atoms in total. The molecular weight excluding hydrogens is 550 g/mol. The number of amides is 5. The predicted octanol–water partition coefficient (Wildman–Crippen LogP) is 2.82. The van der Waals surface area contributed by atoms with Gasteiger partial charge in [-0.15, -0.1) is 0 Å². The van der Waals surface area contributed by atoms with Crippen molar-refractivity contribution in [2.24, 2.45) is 5.92 Å². The van der Waals surface area contributed by atoms with E-state index in [1.165, 1.54) is 0 Å². The largest absolute Gasteiger partial charge is 0.378 e. The monoisotopic (exact) mass is 599 g/mol. The lowest BCUT2D eigenvalue weighted by Crippen LogP contribution is -2.65. The third kappa shape index (κ3) is 10.3. The number of morpholine rings is 1. The van der Waals surface area contributed by atoms with Crippen LogP contribution in [0.3, 0.4) is 0 Å². The molecule has 1 aromatic rings. The van der Waals surface area contributed by atoms with Crippen LogP contribution >= 0.6 is 0 Å². The summed E-state index contributed by atoms with van der Waals surface area (Å²) in [6, 6.07) is 7.13. The zero-order valence-corrected chi connectivity index (χ0v) is 25.9. The molecule has 1 unspecified atom stereocenters. The van der Waals surface area contributed by atoms with Gasteiger partial charge in [0.2, 0.25) is 17.6 Å². The number of benzene rings is 1. The van der Waals surface area contributed by atoms with E-state index >= 15 is 0 Å². The van der Waals surface area contributed by atoms with Gasteiger partial charge in [-0.3, -0.25) is 19.2 Å². The number of unbranched alkanes of at least 4 members (excludes halogenated alkanes) is 1. The highest BCUT2D eigenvalue weighted by Crippen LogP contribution is 2.29. The molecule has 11 heteroatoms. The molecule has 1 aliphatic heterocycles. The van der Waals surface area contributed by atoms with E-state index in [0.29, 0.717) is 58.5 Å². The Morgan fingerprint density at radius 3 is 2.23 bits per heavy atom. The lowest BCUT2D eigenvalue weighted by molar-refractivity contribution is -0.142. The van der Waals surface area contributed by atoms with Gasteiger partial charge in [-0.2, -0.15) is 0 Å². The highest BCUT2D eigenvalue weighted by atomic mass is 16.5. The van der Waals surface area contributed by atoms with Crippen molar-refractivity contribution in [3.05, 3.63) is 35.9 Å². The zero-order chi connectivity index (χ0) is 31.2. The molecule has 0 spiro atoms. The molecule has 0 aromatic heterocycles. The van der Waals surface area contributed by atoms with Crippen LogP contribution in [0.5, 0.6) is 0 Å². The maximum Gasteiger partial charge on any atom is 0.318 e. The lowest BCUT2D eigenvalue weighted by Gasteiger charge is -2.39. The van der Waals surface area contributed by atoms with Crippen LogP contribution in [0, 0.1) is 5.92 Å². The molecule has 1 saturated heterocycles. The first-order chi connectivity index (χ1) is 20.6. The highest BCUT2D eigenvalue weighted by Gasteiger charge is 2.43. The number of hydrogen-bond acceptors (Lipinski definition) is 6. The number of carbonyl (C=O) groups excluding carboxylic acids is 5. The maximum atomic E-state index is 13.8. The standard InChI is InChI=1S/C32H49N5O6/c1-4-5-14-25(35-30(41)32(15-10-7-11-16-32)36-31(42)37-17-19-43-20-18-37)27(38)29(40)34-26(21-23(2)3)28(39)33-22-24-12-8-6-9-13-24/h6,8-9,12-13,23,25-26H,4-5,7,10-11,14-22H2,1-3H3,(H,33,39)(H,34,40)(H,35,41)(H,36,42)/t25-,26?/m0/s1. The second kappa shape index (κ2) is 17.0. The van der Waals surface area contributed by atoms with Crippen molar-refractivity contribution < 1.29 is 28.7 Å². The van der Waals surface area contributed by atoms with E-state index in [4.69, 9.17) is 4.74 Å². The van der Waals surface area contributed by atoms with Crippen LogP contribution in [0.4, 0.5) is 4.79 Å².